The third kappa shape index (κ3) is 3.42. The molecule has 6 heteroatoms. The van der Waals surface area contributed by atoms with Crippen molar-refractivity contribution in [2.75, 3.05) is 6.54 Å². The summed E-state index contributed by atoms with van der Waals surface area (Å²) >= 11 is 1.37. The van der Waals surface area contributed by atoms with E-state index >= 15 is 0 Å². The van der Waals surface area contributed by atoms with E-state index < -0.39 is 10.0 Å². The van der Waals surface area contributed by atoms with Gasteiger partial charge in [-0.3, -0.25) is 0 Å². The van der Waals surface area contributed by atoms with E-state index in [0.717, 1.165) is 17.8 Å². The number of sulfonamides is 1. The van der Waals surface area contributed by atoms with Crippen LogP contribution >= 0.6 is 11.3 Å². The Bertz CT molecular complexity index is 588. The number of thiophene rings is 1. The fraction of sp³-hybridized carbons (Fsp3) is 0.714. The average Bonchev–Trinajstić information content (AvgIpc) is 3.24. The maximum absolute atomic E-state index is 12.2. The molecule has 1 unspecified atom stereocenters. The van der Waals surface area contributed by atoms with Crippen molar-refractivity contribution in [3.63, 3.8) is 0 Å². The lowest BCUT2D eigenvalue weighted by molar-refractivity contribution is 0.538. The van der Waals surface area contributed by atoms with E-state index in [-0.39, 0.29) is 0 Å². The highest BCUT2D eigenvalue weighted by atomic mass is 32.2. The van der Waals surface area contributed by atoms with Gasteiger partial charge in [0.1, 0.15) is 4.21 Å². The Morgan fingerprint density at radius 2 is 2.05 bits per heavy atom. The van der Waals surface area contributed by atoms with Crippen molar-refractivity contribution in [2.24, 2.45) is 11.3 Å². The van der Waals surface area contributed by atoms with E-state index in [1.165, 1.54) is 24.2 Å². The van der Waals surface area contributed by atoms with Crippen molar-refractivity contribution in [2.45, 2.75) is 49.9 Å². The van der Waals surface area contributed by atoms with Gasteiger partial charge in [-0.05, 0) is 42.7 Å². The van der Waals surface area contributed by atoms with E-state index in [1.807, 2.05) is 6.07 Å². The van der Waals surface area contributed by atoms with Gasteiger partial charge in [0, 0.05) is 24.0 Å². The van der Waals surface area contributed by atoms with Crippen LogP contribution in [0.4, 0.5) is 0 Å². The fourth-order valence-electron chi connectivity index (χ4n) is 2.34. The summed E-state index contributed by atoms with van der Waals surface area (Å²) < 4.78 is 27.6. The largest absolute Gasteiger partial charge is 0.309 e. The van der Waals surface area contributed by atoms with Crippen LogP contribution in [0.2, 0.25) is 0 Å². The van der Waals surface area contributed by atoms with Crippen LogP contribution in [0.3, 0.4) is 0 Å². The third-order valence-electron chi connectivity index (χ3n) is 4.28. The summed E-state index contributed by atoms with van der Waals surface area (Å²) in [5.74, 6) is 0.480. The van der Waals surface area contributed by atoms with Gasteiger partial charge in [0.25, 0.3) is 0 Å². The minimum absolute atomic E-state index is 0.303. The first kappa shape index (κ1) is 14.5. The Balaban J connectivity index is 1.56. The molecule has 1 aromatic heterocycles. The SMILES string of the molecule is CC1(C)CC1CNS(=O)(=O)c1ccc(CNC2CC2)s1. The summed E-state index contributed by atoms with van der Waals surface area (Å²) in [6, 6.07) is 4.28. The van der Waals surface area contributed by atoms with Gasteiger partial charge in [0.15, 0.2) is 0 Å². The zero-order valence-corrected chi connectivity index (χ0v) is 13.6. The smallest absolute Gasteiger partial charge is 0.250 e. The predicted octanol–water partition coefficient (Wildman–Crippen LogP) is 2.32. The summed E-state index contributed by atoms with van der Waals surface area (Å²) in [7, 11) is -3.33. The quantitative estimate of drug-likeness (QED) is 0.812. The molecule has 2 aliphatic rings. The molecular weight excluding hydrogens is 292 g/mol. The van der Waals surface area contributed by atoms with Gasteiger partial charge in [-0.2, -0.15) is 0 Å². The first-order valence-electron chi connectivity index (χ1n) is 7.19. The number of hydrogen-bond acceptors (Lipinski definition) is 4. The van der Waals surface area contributed by atoms with Crippen LogP contribution in [-0.4, -0.2) is 21.0 Å². The Hall–Kier alpha value is -0.430. The summed E-state index contributed by atoms with van der Waals surface area (Å²) in [5.41, 5.74) is 0.303. The molecule has 1 heterocycles. The molecule has 2 fully saturated rings. The zero-order chi connectivity index (χ0) is 14.4. The Morgan fingerprint density at radius 3 is 2.65 bits per heavy atom. The van der Waals surface area contributed by atoms with Crippen LogP contribution < -0.4 is 10.0 Å². The Morgan fingerprint density at radius 1 is 1.35 bits per heavy atom. The van der Waals surface area contributed by atoms with Crippen LogP contribution in [0.5, 0.6) is 0 Å². The minimum atomic E-state index is -3.33. The molecule has 0 saturated heterocycles. The van der Waals surface area contributed by atoms with E-state index in [0.29, 0.717) is 28.1 Å². The fourth-order valence-corrected chi connectivity index (χ4v) is 4.77. The zero-order valence-electron chi connectivity index (χ0n) is 12.0. The molecule has 4 nitrogen and oxygen atoms in total. The van der Waals surface area contributed by atoms with Crippen LogP contribution in [0, 0.1) is 11.3 Å². The third-order valence-corrected chi connectivity index (χ3v) is 7.28. The number of nitrogens with one attached hydrogen (secondary N) is 2. The molecule has 3 rings (SSSR count). The molecule has 0 bridgehead atoms. The predicted molar refractivity (Wildman–Crippen MR) is 81.3 cm³/mol. The lowest BCUT2D eigenvalue weighted by Gasteiger charge is -2.06. The van der Waals surface area contributed by atoms with Crippen LogP contribution in [-0.2, 0) is 16.6 Å². The van der Waals surface area contributed by atoms with E-state index in [1.54, 1.807) is 6.07 Å². The average molecular weight is 314 g/mol. The molecule has 2 saturated carbocycles. The van der Waals surface area contributed by atoms with Crippen molar-refractivity contribution in [3.05, 3.63) is 17.0 Å². The lowest BCUT2D eigenvalue weighted by Crippen LogP contribution is -2.26. The molecule has 20 heavy (non-hydrogen) atoms. The van der Waals surface area contributed by atoms with Crippen molar-refractivity contribution in [1.82, 2.24) is 10.0 Å². The molecule has 112 valence electrons. The second kappa shape index (κ2) is 5.09. The number of hydrogen-bond donors (Lipinski definition) is 2. The van der Waals surface area contributed by atoms with E-state index in [2.05, 4.69) is 23.9 Å². The van der Waals surface area contributed by atoms with Crippen LogP contribution in [0.25, 0.3) is 0 Å². The van der Waals surface area contributed by atoms with Crippen molar-refractivity contribution in [3.8, 4) is 0 Å². The summed E-state index contributed by atoms with van der Waals surface area (Å²) in [5, 5.41) is 3.40. The molecular formula is C14H22N2O2S2. The van der Waals surface area contributed by atoms with Gasteiger partial charge in [-0.1, -0.05) is 13.8 Å². The molecule has 0 radical (unpaired) electrons. The summed E-state index contributed by atoms with van der Waals surface area (Å²) in [6.07, 6.45) is 3.60. The van der Waals surface area contributed by atoms with Gasteiger partial charge in [-0.25, -0.2) is 13.1 Å². The van der Waals surface area contributed by atoms with Crippen LogP contribution in [0.15, 0.2) is 16.3 Å². The molecule has 0 spiro atoms. The Labute approximate surface area is 125 Å². The second-order valence-electron chi connectivity index (χ2n) is 6.62. The van der Waals surface area contributed by atoms with E-state index in [4.69, 9.17) is 0 Å². The van der Waals surface area contributed by atoms with Crippen molar-refractivity contribution in [1.29, 1.82) is 0 Å². The van der Waals surface area contributed by atoms with Gasteiger partial charge in [0.05, 0.1) is 0 Å². The standard InChI is InChI=1S/C14H22N2O2S2/c1-14(2)7-10(14)8-16-20(17,18)13-6-5-12(19-13)9-15-11-3-4-11/h5-6,10-11,15-16H,3-4,7-9H2,1-2H3. The molecule has 0 aliphatic heterocycles. The maximum Gasteiger partial charge on any atom is 0.250 e. The topological polar surface area (TPSA) is 58.2 Å². The summed E-state index contributed by atoms with van der Waals surface area (Å²) in [4.78, 5) is 1.09. The highest BCUT2D eigenvalue weighted by molar-refractivity contribution is 7.91. The van der Waals surface area contributed by atoms with Gasteiger partial charge < -0.3 is 5.32 Å². The van der Waals surface area contributed by atoms with Crippen molar-refractivity contribution >= 4 is 21.4 Å². The van der Waals surface area contributed by atoms with Gasteiger partial charge in [-0.15, -0.1) is 11.3 Å². The van der Waals surface area contributed by atoms with Gasteiger partial charge >= 0.3 is 0 Å². The molecule has 0 amide bonds. The maximum atomic E-state index is 12.2. The van der Waals surface area contributed by atoms with Gasteiger partial charge in [0.2, 0.25) is 10.0 Å². The lowest BCUT2D eigenvalue weighted by atomic mass is 10.1. The highest BCUT2D eigenvalue weighted by Crippen LogP contribution is 2.51. The summed E-state index contributed by atoms with van der Waals surface area (Å²) in [6.45, 7) is 5.70. The first-order chi connectivity index (χ1) is 9.37. The molecule has 2 aliphatic carbocycles. The normalized spacial score (nSPS) is 24.8. The van der Waals surface area contributed by atoms with Crippen molar-refractivity contribution < 1.29 is 8.42 Å². The molecule has 1 aromatic rings. The van der Waals surface area contributed by atoms with E-state index in [9.17, 15) is 8.42 Å². The minimum Gasteiger partial charge on any atom is -0.309 e. The second-order valence-corrected chi connectivity index (χ2v) is 9.78. The number of rotatable bonds is 7. The van der Waals surface area contributed by atoms with Crippen LogP contribution in [0.1, 0.15) is 38.0 Å². The monoisotopic (exact) mass is 314 g/mol. The Kier molecular flexibility index (Phi) is 3.69. The highest BCUT2D eigenvalue weighted by Gasteiger charge is 2.45. The first-order valence-corrected chi connectivity index (χ1v) is 9.48. The molecule has 1 atom stereocenters. The molecule has 0 aromatic carbocycles. The molecule has 2 N–H and O–H groups in total.